The second kappa shape index (κ2) is 10.4. The maximum atomic E-state index is 13.9. The van der Waals surface area contributed by atoms with E-state index in [1.807, 2.05) is 61.5 Å². The number of ketones is 1. The molecule has 0 saturated carbocycles. The number of aromatic nitrogens is 1. The van der Waals surface area contributed by atoms with Gasteiger partial charge in [0.05, 0.1) is 29.3 Å². The number of aliphatic hydroxyl groups is 1. The average molecular weight is 492 g/mol. The number of carbonyl (C=O) groups is 2. The molecule has 0 aliphatic carbocycles. The molecule has 1 aromatic heterocycles. The number of thiazole rings is 1. The summed E-state index contributed by atoms with van der Waals surface area (Å²) < 4.78 is 5.39. The van der Waals surface area contributed by atoms with Gasteiger partial charge in [-0.3, -0.25) is 9.59 Å². The molecule has 3 aromatic rings. The number of amides is 1. The Morgan fingerprint density at radius 2 is 1.91 bits per heavy atom. The Bertz CT molecular complexity index is 1270. The molecule has 0 radical (unpaired) electrons. The van der Waals surface area contributed by atoms with Crippen LogP contribution in [0.4, 0.5) is 0 Å². The number of aryl methyl sites for hydroxylation is 1. The molecule has 35 heavy (non-hydrogen) atoms. The highest BCUT2D eigenvalue weighted by atomic mass is 32.1. The van der Waals surface area contributed by atoms with Gasteiger partial charge >= 0.3 is 0 Å². The minimum Gasteiger partial charge on any atom is -0.503 e. The third-order valence-electron chi connectivity index (χ3n) is 5.99. The van der Waals surface area contributed by atoms with E-state index in [2.05, 4.69) is 4.98 Å². The number of nitrogens with zero attached hydrogens (tertiary/aromatic N) is 3. The van der Waals surface area contributed by atoms with Crippen LogP contribution in [0.2, 0.25) is 0 Å². The van der Waals surface area contributed by atoms with Gasteiger partial charge in [-0.25, -0.2) is 4.98 Å². The highest BCUT2D eigenvalue weighted by Crippen LogP contribution is 2.41. The van der Waals surface area contributed by atoms with Crippen molar-refractivity contribution in [3.05, 3.63) is 82.1 Å². The number of benzene rings is 2. The van der Waals surface area contributed by atoms with Crippen LogP contribution in [0.3, 0.4) is 0 Å². The van der Waals surface area contributed by atoms with E-state index < -0.39 is 17.7 Å². The first-order valence-electron chi connectivity index (χ1n) is 11.4. The predicted octanol–water partition coefficient (Wildman–Crippen LogP) is 4.66. The predicted molar refractivity (Wildman–Crippen MR) is 137 cm³/mol. The Morgan fingerprint density at radius 3 is 2.60 bits per heavy atom. The number of carbonyl (C=O) groups excluding carboxylic acids is 2. The van der Waals surface area contributed by atoms with Gasteiger partial charge in [-0.1, -0.05) is 42.5 Å². The number of hydrogen-bond donors (Lipinski definition) is 1. The van der Waals surface area contributed by atoms with E-state index >= 15 is 0 Å². The minimum absolute atomic E-state index is 0.0828. The molecule has 1 unspecified atom stereocenters. The summed E-state index contributed by atoms with van der Waals surface area (Å²) in [7, 11) is 5.50. The molecule has 1 amide bonds. The lowest BCUT2D eigenvalue weighted by molar-refractivity contribution is -0.129. The quantitative estimate of drug-likeness (QED) is 0.439. The molecule has 4 rings (SSSR count). The Kier molecular flexibility index (Phi) is 7.33. The summed E-state index contributed by atoms with van der Waals surface area (Å²) >= 11 is 1.27. The summed E-state index contributed by atoms with van der Waals surface area (Å²) in [5, 5.41) is 11.7. The van der Waals surface area contributed by atoms with Gasteiger partial charge in [0.15, 0.2) is 5.76 Å². The van der Waals surface area contributed by atoms with Gasteiger partial charge < -0.3 is 19.6 Å². The number of rotatable bonds is 9. The summed E-state index contributed by atoms with van der Waals surface area (Å²) in [6.45, 7) is 2.95. The largest absolute Gasteiger partial charge is 0.503 e. The molecule has 0 spiro atoms. The first-order valence-corrected chi connectivity index (χ1v) is 12.2. The molecule has 0 bridgehead atoms. The topological polar surface area (TPSA) is 83.0 Å². The number of ether oxygens (including phenoxy) is 1. The van der Waals surface area contributed by atoms with E-state index in [0.717, 1.165) is 17.1 Å². The number of Topliss-reactive ketones (excluding diaryl/α,β-unsaturated/α-hetero) is 1. The first kappa shape index (κ1) is 24.6. The van der Waals surface area contributed by atoms with Crippen LogP contribution >= 0.6 is 11.3 Å². The summed E-state index contributed by atoms with van der Waals surface area (Å²) in [6.07, 6.45) is 0.700. The fourth-order valence-corrected chi connectivity index (χ4v) is 5.29. The van der Waals surface area contributed by atoms with Crippen LogP contribution in [0.25, 0.3) is 10.6 Å². The zero-order valence-corrected chi connectivity index (χ0v) is 21.1. The second-order valence-corrected chi connectivity index (χ2v) is 9.72. The normalized spacial score (nSPS) is 15.9. The van der Waals surface area contributed by atoms with E-state index in [4.69, 9.17) is 4.74 Å². The molecule has 1 N–H and O–H groups in total. The van der Waals surface area contributed by atoms with Crippen LogP contribution in [-0.4, -0.2) is 65.9 Å². The van der Waals surface area contributed by atoms with Crippen LogP contribution < -0.4 is 4.74 Å². The summed E-state index contributed by atoms with van der Waals surface area (Å²) in [6, 6.07) is 16.2. The van der Waals surface area contributed by atoms with Crippen molar-refractivity contribution in [2.24, 2.45) is 0 Å². The van der Waals surface area contributed by atoms with E-state index in [1.165, 1.54) is 11.3 Å². The maximum Gasteiger partial charge on any atom is 0.290 e. The Labute approximate surface area is 209 Å². The van der Waals surface area contributed by atoms with Crippen LogP contribution in [0.15, 0.2) is 65.9 Å². The summed E-state index contributed by atoms with van der Waals surface area (Å²) in [4.78, 5) is 35.7. The maximum absolute atomic E-state index is 13.9. The lowest BCUT2D eigenvalue weighted by atomic mass is 9.95. The second-order valence-electron chi connectivity index (χ2n) is 8.73. The SMILES string of the molecule is COc1cccc(C2C(C(=O)c3sc(-c4ccccc4)nc3C)=C(O)C(=O)N2CCCN(C)C)c1. The minimum atomic E-state index is -0.714. The molecule has 0 fully saturated rings. The van der Waals surface area contributed by atoms with Crippen molar-refractivity contribution in [2.75, 3.05) is 34.3 Å². The van der Waals surface area contributed by atoms with Gasteiger partial charge in [0, 0.05) is 12.1 Å². The highest BCUT2D eigenvalue weighted by Gasteiger charge is 2.44. The molecule has 1 atom stereocenters. The molecule has 2 aromatic carbocycles. The Balaban J connectivity index is 1.75. The molecule has 1 aliphatic heterocycles. The van der Waals surface area contributed by atoms with Crippen LogP contribution in [-0.2, 0) is 4.79 Å². The highest BCUT2D eigenvalue weighted by molar-refractivity contribution is 7.17. The first-order chi connectivity index (χ1) is 16.8. The molecule has 2 heterocycles. The van der Waals surface area contributed by atoms with Crippen molar-refractivity contribution in [2.45, 2.75) is 19.4 Å². The molecule has 0 saturated heterocycles. The lowest BCUT2D eigenvalue weighted by Gasteiger charge is -2.27. The van der Waals surface area contributed by atoms with Gasteiger partial charge in [-0.05, 0) is 51.7 Å². The average Bonchev–Trinajstić information content (AvgIpc) is 3.37. The fourth-order valence-electron chi connectivity index (χ4n) is 4.27. The molecular weight excluding hydrogens is 462 g/mol. The van der Waals surface area contributed by atoms with Gasteiger partial charge in [0.1, 0.15) is 10.8 Å². The van der Waals surface area contributed by atoms with Crippen molar-refractivity contribution in [1.82, 2.24) is 14.8 Å². The van der Waals surface area contributed by atoms with Crippen molar-refractivity contribution in [3.63, 3.8) is 0 Å². The number of methoxy groups -OCH3 is 1. The van der Waals surface area contributed by atoms with Crippen molar-refractivity contribution in [1.29, 1.82) is 0 Å². The van der Waals surface area contributed by atoms with Gasteiger partial charge in [-0.15, -0.1) is 11.3 Å². The van der Waals surface area contributed by atoms with Crippen LogP contribution in [0.1, 0.15) is 33.4 Å². The van der Waals surface area contributed by atoms with E-state index in [1.54, 1.807) is 31.1 Å². The number of aliphatic hydroxyl groups excluding tert-OH is 1. The van der Waals surface area contributed by atoms with Crippen LogP contribution in [0, 0.1) is 6.92 Å². The van der Waals surface area contributed by atoms with E-state index in [9.17, 15) is 14.7 Å². The third-order valence-corrected chi connectivity index (χ3v) is 7.19. The zero-order chi connectivity index (χ0) is 25.1. The smallest absolute Gasteiger partial charge is 0.290 e. The lowest BCUT2D eigenvalue weighted by Crippen LogP contribution is -2.33. The molecular formula is C27H29N3O4S. The fraction of sp³-hybridized carbons (Fsp3) is 0.296. The van der Waals surface area contributed by atoms with E-state index in [-0.39, 0.29) is 11.4 Å². The van der Waals surface area contributed by atoms with Gasteiger partial charge in [-0.2, -0.15) is 0 Å². The molecule has 182 valence electrons. The Morgan fingerprint density at radius 1 is 1.17 bits per heavy atom. The van der Waals surface area contributed by atoms with Crippen molar-refractivity contribution in [3.8, 4) is 16.3 Å². The summed E-state index contributed by atoms with van der Waals surface area (Å²) in [5.41, 5.74) is 2.27. The standard InChI is InChI=1S/C27H29N3O4S/c1-17-25(35-26(28-17)18-10-6-5-7-11-18)23(31)21-22(19-12-8-13-20(16-19)34-4)30(27(33)24(21)32)15-9-14-29(2)3/h5-8,10-13,16,22,32H,9,14-15H2,1-4H3. The Hall–Kier alpha value is -3.49. The molecule has 8 heteroatoms. The third kappa shape index (κ3) is 4.99. The molecule has 1 aliphatic rings. The van der Waals surface area contributed by atoms with Crippen LogP contribution in [0.5, 0.6) is 5.75 Å². The monoisotopic (exact) mass is 491 g/mol. The molecule has 7 nitrogen and oxygen atoms in total. The van der Waals surface area contributed by atoms with Gasteiger partial charge in [0.2, 0.25) is 5.78 Å². The van der Waals surface area contributed by atoms with Crippen molar-refractivity contribution < 1.29 is 19.4 Å². The van der Waals surface area contributed by atoms with E-state index in [0.29, 0.717) is 34.8 Å². The summed E-state index contributed by atoms with van der Waals surface area (Å²) in [5.74, 6) is -0.801. The van der Waals surface area contributed by atoms with Crippen molar-refractivity contribution >= 4 is 23.0 Å². The van der Waals surface area contributed by atoms with Gasteiger partial charge in [0.25, 0.3) is 5.91 Å². The number of hydrogen-bond acceptors (Lipinski definition) is 7. The zero-order valence-electron chi connectivity index (χ0n) is 20.3.